The number of likely N-dealkylation sites (N-methyl/N-ethyl adjacent to an activating group) is 1. The number of carbonyl (C=O) groups is 3. The predicted molar refractivity (Wildman–Crippen MR) is 128 cm³/mol. The average Bonchev–Trinajstić information content (AvgIpc) is 3.11. The number of nitrogens with zero attached hydrogens (tertiary/aromatic N) is 3. The Bertz CT molecular complexity index is 1180. The molecular weight excluding hydrogens is 514 g/mol. The van der Waals surface area contributed by atoms with Crippen LogP contribution in [-0.4, -0.2) is 53.3 Å². The van der Waals surface area contributed by atoms with Crippen LogP contribution in [0.4, 0.5) is 5.69 Å². The van der Waals surface area contributed by atoms with Gasteiger partial charge in [-0.25, -0.2) is 0 Å². The fraction of sp³-hybridized carbons (Fsp3) is 0.227. The number of rotatable bonds is 4. The average molecular weight is 533 g/mol. The van der Waals surface area contributed by atoms with Gasteiger partial charge < -0.3 is 20.3 Å². The number of nitrogens with one attached hydrogen (secondary N) is 2. The van der Waals surface area contributed by atoms with Crippen molar-refractivity contribution in [3.63, 3.8) is 0 Å². The maximum Gasteiger partial charge on any atom is 0.269 e. The van der Waals surface area contributed by atoms with Crippen molar-refractivity contribution in [2.24, 2.45) is 10.2 Å². The van der Waals surface area contributed by atoms with Crippen LogP contribution < -0.4 is 20.3 Å². The minimum Gasteiger partial charge on any atom is -0.489 e. The normalized spacial score (nSPS) is 19.6. The monoisotopic (exact) mass is 531 g/mol. The number of amides is 3. The number of ether oxygens (including phenoxy) is 1. The first-order valence-electron chi connectivity index (χ1n) is 10.1. The largest absolute Gasteiger partial charge is 0.489 e. The van der Waals surface area contributed by atoms with E-state index in [0.717, 1.165) is 0 Å². The van der Waals surface area contributed by atoms with Crippen molar-refractivity contribution in [3.05, 3.63) is 59.1 Å². The topological polar surface area (TPSA) is 112 Å². The summed E-state index contributed by atoms with van der Waals surface area (Å²) in [4.78, 5) is 39.2. The molecule has 2 aliphatic rings. The third kappa shape index (κ3) is 4.62. The van der Waals surface area contributed by atoms with Crippen LogP contribution in [0.5, 0.6) is 5.75 Å². The molecule has 0 bridgehead atoms. The number of hydrogen-bond acceptors (Lipinski definition) is 6. The molecular formula is C22H19BrClN5O4. The van der Waals surface area contributed by atoms with Gasteiger partial charge >= 0.3 is 0 Å². The van der Waals surface area contributed by atoms with Gasteiger partial charge in [-0.3, -0.25) is 14.4 Å². The van der Waals surface area contributed by atoms with Gasteiger partial charge in [0.05, 0.1) is 16.3 Å². The number of halogens is 2. The molecule has 33 heavy (non-hydrogen) atoms. The molecule has 3 amide bonds. The fourth-order valence-electron chi connectivity index (χ4n) is 3.43. The Hall–Kier alpha value is -3.24. The van der Waals surface area contributed by atoms with E-state index in [9.17, 15) is 14.4 Å². The summed E-state index contributed by atoms with van der Waals surface area (Å²) < 4.78 is 5.76. The molecule has 2 heterocycles. The van der Waals surface area contributed by atoms with Crippen LogP contribution in [0.3, 0.4) is 0 Å². The van der Waals surface area contributed by atoms with Crippen LogP contribution in [0.1, 0.15) is 17.3 Å². The number of carbonyl (C=O) groups excluding carboxylic acids is 3. The zero-order valence-corrected chi connectivity index (χ0v) is 19.8. The zero-order valence-electron chi connectivity index (χ0n) is 17.4. The van der Waals surface area contributed by atoms with E-state index in [2.05, 4.69) is 36.8 Å². The van der Waals surface area contributed by atoms with Crippen molar-refractivity contribution in [3.8, 4) is 5.75 Å². The standard InChI is InChI=1S/C22H19BrClN5O4/c1-2-29-15-9-5-6-10-16(15)33-11-14(22(29)32)25-21(31)18-17(23)19(28-27-18)26-20(30)12-7-3-4-8-13(12)24/h3-10,14,17H,2,11H2,1H3,(H,25,31)(H,26,28,30)/t14-,17?/m1/s1. The molecule has 2 aliphatic heterocycles. The van der Waals surface area contributed by atoms with Crippen LogP contribution in [0, 0.1) is 0 Å². The molecule has 170 valence electrons. The lowest BCUT2D eigenvalue weighted by atomic mass is 10.2. The molecule has 2 N–H and O–H groups in total. The van der Waals surface area contributed by atoms with Crippen LogP contribution in [0.25, 0.3) is 0 Å². The zero-order chi connectivity index (χ0) is 23.5. The highest BCUT2D eigenvalue weighted by atomic mass is 79.9. The molecule has 9 nitrogen and oxygen atoms in total. The summed E-state index contributed by atoms with van der Waals surface area (Å²) in [5.41, 5.74) is 0.910. The van der Waals surface area contributed by atoms with Crippen LogP contribution in [0.2, 0.25) is 5.02 Å². The lowest BCUT2D eigenvalue weighted by Gasteiger charge is -2.23. The van der Waals surface area contributed by atoms with E-state index in [0.29, 0.717) is 18.0 Å². The van der Waals surface area contributed by atoms with E-state index in [-0.39, 0.29) is 34.6 Å². The van der Waals surface area contributed by atoms with Crippen LogP contribution >= 0.6 is 27.5 Å². The van der Waals surface area contributed by atoms with Gasteiger partial charge in [-0.05, 0) is 31.2 Å². The molecule has 0 fully saturated rings. The Morgan fingerprint density at radius 1 is 1.15 bits per heavy atom. The Morgan fingerprint density at radius 2 is 1.88 bits per heavy atom. The summed E-state index contributed by atoms with van der Waals surface area (Å²) in [5.74, 6) is -0.686. The molecule has 0 spiro atoms. The van der Waals surface area contributed by atoms with Crippen LogP contribution in [-0.2, 0) is 9.59 Å². The van der Waals surface area contributed by atoms with Gasteiger partial charge in [0, 0.05) is 6.54 Å². The van der Waals surface area contributed by atoms with Crippen molar-refractivity contribution >= 4 is 62.5 Å². The fourth-order valence-corrected chi connectivity index (χ4v) is 4.16. The minimum atomic E-state index is -0.922. The molecule has 0 radical (unpaired) electrons. The molecule has 2 aromatic rings. The Kier molecular flexibility index (Phi) is 6.75. The first kappa shape index (κ1) is 22.9. The first-order valence-corrected chi connectivity index (χ1v) is 11.4. The smallest absolute Gasteiger partial charge is 0.269 e. The van der Waals surface area contributed by atoms with Gasteiger partial charge in [0.25, 0.3) is 17.7 Å². The Labute approximate surface area is 203 Å². The molecule has 11 heteroatoms. The number of alkyl halides is 1. The molecule has 2 atom stereocenters. The summed E-state index contributed by atoms with van der Waals surface area (Å²) in [5, 5.41) is 13.4. The SMILES string of the molecule is CCN1C(=O)[C@H](NC(=O)C2=NN=C(NC(=O)c3ccccc3Cl)C2Br)COc2ccccc21. The summed E-state index contributed by atoms with van der Waals surface area (Å²) in [6.07, 6.45) is 0. The van der Waals surface area contributed by atoms with E-state index < -0.39 is 22.7 Å². The minimum absolute atomic E-state index is 0.00191. The van der Waals surface area contributed by atoms with Crippen LogP contribution in [0.15, 0.2) is 58.7 Å². The van der Waals surface area contributed by atoms with E-state index >= 15 is 0 Å². The maximum atomic E-state index is 13.1. The van der Waals surface area contributed by atoms with Gasteiger partial charge in [-0.1, -0.05) is 51.8 Å². The summed E-state index contributed by atoms with van der Waals surface area (Å²) >= 11 is 9.40. The maximum absolute atomic E-state index is 13.1. The highest BCUT2D eigenvalue weighted by molar-refractivity contribution is 9.10. The summed E-state index contributed by atoms with van der Waals surface area (Å²) in [6.45, 7) is 2.22. The highest BCUT2D eigenvalue weighted by Crippen LogP contribution is 2.30. The summed E-state index contributed by atoms with van der Waals surface area (Å²) in [6, 6.07) is 12.8. The molecule has 0 saturated heterocycles. The van der Waals surface area contributed by atoms with E-state index in [1.165, 1.54) is 0 Å². The molecule has 2 aromatic carbocycles. The van der Waals surface area contributed by atoms with Crippen molar-refractivity contribution < 1.29 is 19.1 Å². The van der Waals surface area contributed by atoms with Crippen molar-refractivity contribution in [2.75, 3.05) is 18.1 Å². The lowest BCUT2D eigenvalue weighted by Crippen LogP contribution is -2.53. The highest BCUT2D eigenvalue weighted by Gasteiger charge is 2.36. The summed E-state index contributed by atoms with van der Waals surface area (Å²) in [7, 11) is 0. The number of hydrogen-bond donors (Lipinski definition) is 2. The molecule has 0 saturated carbocycles. The second-order valence-corrected chi connectivity index (χ2v) is 8.48. The van der Waals surface area contributed by atoms with Crippen molar-refractivity contribution in [1.82, 2.24) is 10.6 Å². The number of anilines is 1. The van der Waals surface area contributed by atoms with E-state index in [1.54, 1.807) is 41.3 Å². The Morgan fingerprint density at radius 3 is 2.64 bits per heavy atom. The quantitative estimate of drug-likeness (QED) is 0.589. The second-order valence-electron chi connectivity index (χ2n) is 7.15. The first-order chi connectivity index (χ1) is 15.9. The van der Waals surface area contributed by atoms with E-state index in [4.69, 9.17) is 16.3 Å². The number of amidine groups is 1. The van der Waals surface area contributed by atoms with Crippen molar-refractivity contribution in [2.45, 2.75) is 17.8 Å². The Balaban J connectivity index is 1.42. The lowest BCUT2D eigenvalue weighted by molar-refractivity contribution is -0.125. The molecule has 0 aromatic heterocycles. The molecule has 4 rings (SSSR count). The van der Waals surface area contributed by atoms with Crippen molar-refractivity contribution in [1.29, 1.82) is 0 Å². The van der Waals surface area contributed by atoms with E-state index in [1.807, 2.05) is 19.1 Å². The predicted octanol–water partition coefficient (Wildman–Crippen LogP) is 2.53. The van der Waals surface area contributed by atoms with Gasteiger partial charge in [0.1, 0.15) is 28.9 Å². The van der Waals surface area contributed by atoms with Gasteiger partial charge in [0.2, 0.25) is 0 Å². The molecule has 1 unspecified atom stereocenters. The number of para-hydroxylation sites is 2. The van der Waals surface area contributed by atoms with Gasteiger partial charge in [-0.15, -0.1) is 10.2 Å². The second kappa shape index (κ2) is 9.72. The number of fused-ring (bicyclic) bond motifs is 1. The third-order valence-corrected chi connectivity index (χ3v) is 6.28. The van der Waals surface area contributed by atoms with Gasteiger partial charge in [-0.2, -0.15) is 0 Å². The third-order valence-electron chi connectivity index (χ3n) is 5.09. The molecule has 0 aliphatic carbocycles. The van der Waals surface area contributed by atoms with Gasteiger partial charge in [0.15, 0.2) is 5.84 Å². The number of benzene rings is 2.